The van der Waals surface area contributed by atoms with E-state index in [2.05, 4.69) is 39.1 Å². The summed E-state index contributed by atoms with van der Waals surface area (Å²) >= 11 is 0. The van der Waals surface area contributed by atoms with Crippen molar-refractivity contribution in [3.8, 4) is 16.9 Å². The summed E-state index contributed by atoms with van der Waals surface area (Å²) in [7, 11) is 0. The van der Waals surface area contributed by atoms with Gasteiger partial charge in [-0.2, -0.15) is 0 Å². The Balaban J connectivity index is 1.29. The molecule has 0 N–H and O–H groups in total. The number of aromatic nitrogens is 4. The predicted octanol–water partition coefficient (Wildman–Crippen LogP) is 2.39. The van der Waals surface area contributed by atoms with E-state index in [0.29, 0.717) is 5.91 Å². The van der Waals surface area contributed by atoms with Gasteiger partial charge in [0.05, 0.1) is 12.0 Å². The zero-order valence-electron chi connectivity index (χ0n) is 15.6. The van der Waals surface area contributed by atoms with E-state index < -0.39 is 0 Å². The Labute approximate surface area is 163 Å². The molecule has 0 unspecified atom stereocenters. The maximum absolute atomic E-state index is 12.2. The van der Waals surface area contributed by atoms with Gasteiger partial charge in [0.25, 0.3) is 0 Å². The zero-order chi connectivity index (χ0) is 18.9. The minimum absolute atomic E-state index is 0.288. The van der Waals surface area contributed by atoms with Gasteiger partial charge in [-0.05, 0) is 31.0 Å². The number of anilines is 1. The third-order valence-electron chi connectivity index (χ3n) is 5.41. The van der Waals surface area contributed by atoms with E-state index in [1.807, 2.05) is 27.9 Å². The Kier molecular flexibility index (Phi) is 4.27. The van der Waals surface area contributed by atoms with Crippen molar-refractivity contribution in [3.63, 3.8) is 0 Å². The van der Waals surface area contributed by atoms with Crippen LogP contribution in [0.15, 0.2) is 55.2 Å². The Hall–Kier alpha value is -3.22. The van der Waals surface area contributed by atoms with Crippen LogP contribution in [0.25, 0.3) is 16.9 Å². The van der Waals surface area contributed by atoms with Crippen molar-refractivity contribution in [2.75, 3.05) is 31.1 Å². The molecule has 0 atom stereocenters. The normalized spacial score (nSPS) is 17.0. The van der Waals surface area contributed by atoms with Crippen LogP contribution in [0.1, 0.15) is 12.8 Å². The first-order valence-electron chi connectivity index (χ1n) is 9.73. The van der Waals surface area contributed by atoms with E-state index in [9.17, 15) is 4.79 Å². The lowest BCUT2D eigenvalue weighted by Gasteiger charge is -2.35. The summed E-state index contributed by atoms with van der Waals surface area (Å²) in [6.07, 6.45) is 9.40. The van der Waals surface area contributed by atoms with Gasteiger partial charge < -0.3 is 14.4 Å². The van der Waals surface area contributed by atoms with Crippen molar-refractivity contribution in [3.05, 3.63) is 55.2 Å². The second kappa shape index (κ2) is 7.07. The molecule has 1 aliphatic heterocycles. The lowest BCUT2D eigenvalue weighted by molar-refractivity contribution is -0.132. The van der Waals surface area contributed by atoms with Crippen molar-refractivity contribution in [2.24, 2.45) is 5.92 Å². The molecule has 7 heteroatoms. The molecular formula is C21H22N6O. The molecule has 1 aromatic carbocycles. The Morgan fingerprint density at radius 3 is 2.43 bits per heavy atom. The zero-order valence-corrected chi connectivity index (χ0v) is 15.6. The molecule has 0 spiro atoms. The van der Waals surface area contributed by atoms with Crippen molar-refractivity contribution < 1.29 is 4.79 Å². The molecule has 2 aromatic heterocycles. The summed E-state index contributed by atoms with van der Waals surface area (Å²) in [6, 6.07) is 10.2. The molecule has 1 aliphatic carbocycles. The lowest BCUT2D eigenvalue weighted by Crippen LogP contribution is -2.49. The van der Waals surface area contributed by atoms with E-state index in [0.717, 1.165) is 61.9 Å². The molecule has 1 amide bonds. The number of carbonyl (C=O) groups is 1. The fourth-order valence-corrected chi connectivity index (χ4v) is 3.59. The van der Waals surface area contributed by atoms with E-state index in [-0.39, 0.29) is 5.92 Å². The highest BCUT2D eigenvalue weighted by Crippen LogP contribution is 2.31. The van der Waals surface area contributed by atoms with Crippen molar-refractivity contribution in [1.29, 1.82) is 0 Å². The average molecular weight is 374 g/mol. The lowest BCUT2D eigenvalue weighted by atomic mass is 10.1. The average Bonchev–Trinajstić information content (AvgIpc) is 3.47. The molecule has 2 aliphatic rings. The van der Waals surface area contributed by atoms with Crippen LogP contribution in [0.3, 0.4) is 0 Å². The fourth-order valence-electron chi connectivity index (χ4n) is 3.59. The molecule has 3 aromatic rings. The van der Waals surface area contributed by atoms with Gasteiger partial charge in [0, 0.05) is 61.9 Å². The predicted molar refractivity (Wildman–Crippen MR) is 106 cm³/mol. The van der Waals surface area contributed by atoms with Gasteiger partial charge in [-0.1, -0.05) is 12.1 Å². The number of hydrogen-bond donors (Lipinski definition) is 0. The van der Waals surface area contributed by atoms with Gasteiger partial charge in [-0.25, -0.2) is 15.0 Å². The van der Waals surface area contributed by atoms with E-state index in [1.165, 1.54) is 0 Å². The van der Waals surface area contributed by atoms with Crippen LogP contribution < -0.4 is 4.90 Å². The highest BCUT2D eigenvalue weighted by molar-refractivity contribution is 5.81. The van der Waals surface area contributed by atoms with Gasteiger partial charge in [0.1, 0.15) is 0 Å². The maximum atomic E-state index is 12.2. The summed E-state index contributed by atoms with van der Waals surface area (Å²) in [5.74, 6) is 1.35. The summed E-state index contributed by atoms with van der Waals surface area (Å²) in [5, 5.41) is 0. The number of amides is 1. The minimum atomic E-state index is 0.288. The molecule has 5 rings (SSSR count). The number of hydrogen-bond acceptors (Lipinski definition) is 5. The highest BCUT2D eigenvalue weighted by atomic mass is 16.2. The van der Waals surface area contributed by atoms with Gasteiger partial charge >= 0.3 is 0 Å². The van der Waals surface area contributed by atoms with Crippen LogP contribution in [0.5, 0.6) is 0 Å². The molecule has 0 radical (unpaired) electrons. The van der Waals surface area contributed by atoms with E-state index in [1.54, 1.807) is 12.5 Å². The quantitative estimate of drug-likeness (QED) is 0.701. The number of imidazole rings is 1. The number of carbonyl (C=O) groups excluding carboxylic acids is 1. The van der Waals surface area contributed by atoms with Crippen molar-refractivity contribution in [1.82, 2.24) is 24.4 Å². The number of rotatable bonds is 4. The van der Waals surface area contributed by atoms with Crippen LogP contribution in [0, 0.1) is 5.92 Å². The van der Waals surface area contributed by atoms with Gasteiger partial charge in [0.2, 0.25) is 11.9 Å². The Morgan fingerprint density at radius 2 is 1.75 bits per heavy atom. The van der Waals surface area contributed by atoms with Gasteiger partial charge in [-0.15, -0.1) is 0 Å². The molecule has 7 nitrogen and oxygen atoms in total. The van der Waals surface area contributed by atoms with Crippen LogP contribution in [-0.4, -0.2) is 56.5 Å². The second-order valence-electron chi connectivity index (χ2n) is 7.35. The molecular weight excluding hydrogens is 352 g/mol. The first-order valence-corrected chi connectivity index (χ1v) is 9.73. The molecule has 0 bridgehead atoms. The number of piperazine rings is 1. The SMILES string of the molecule is O=C(C1CC1)N1CCN(c2nccc(-c3ccc(-n4ccnc4)cc3)n2)CC1. The molecule has 1 saturated heterocycles. The summed E-state index contributed by atoms with van der Waals surface area (Å²) < 4.78 is 1.97. The van der Waals surface area contributed by atoms with E-state index in [4.69, 9.17) is 4.98 Å². The van der Waals surface area contributed by atoms with E-state index >= 15 is 0 Å². The monoisotopic (exact) mass is 374 g/mol. The van der Waals surface area contributed by atoms with Crippen molar-refractivity contribution >= 4 is 11.9 Å². The molecule has 3 heterocycles. The number of benzene rings is 1. The topological polar surface area (TPSA) is 67.2 Å². The molecule has 142 valence electrons. The van der Waals surface area contributed by atoms with Gasteiger partial charge in [0.15, 0.2) is 0 Å². The largest absolute Gasteiger partial charge is 0.339 e. The molecule has 2 fully saturated rings. The smallest absolute Gasteiger partial charge is 0.225 e. The Bertz CT molecular complexity index is 957. The third kappa shape index (κ3) is 3.35. The first-order chi connectivity index (χ1) is 13.8. The molecule has 28 heavy (non-hydrogen) atoms. The van der Waals surface area contributed by atoms with Crippen LogP contribution >= 0.6 is 0 Å². The van der Waals surface area contributed by atoms with Crippen LogP contribution in [0.4, 0.5) is 5.95 Å². The third-order valence-corrected chi connectivity index (χ3v) is 5.41. The summed E-state index contributed by atoms with van der Waals surface area (Å²) in [4.78, 5) is 29.7. The first kappa shape index (κ1) is 16.9. The van der Waals surface area contributed by atoms with Crippen molar-refractivity contribution in [2.45, 2.75) is 12.8 Å². The standard InChI is InChI=1S/C21H22N6O/c28-20(17-1-2-17)25-11-13-26(14-12-25)21-23-8-7-19(24-21)16-3-5-18(6-4-16)27-10-9-22-15-27/h3-10,15,17H,1-2,11-14H2. The summed E-state index contributed by atoms with van der Waals surface area (Å²) in [5.41, 5.74) is 3.01. The molecule has 1 saturated carbocycles. The minimum Gasteiger partial charge on any atom is -0.339 e. The Morgan fingerprint density at radius 1 is 0.964 bits per heavy atom. The van der Waals surface area contributed by atoms with Crippen LogP contribution in [-0.2, 0) is 4.79 Å². The second-order valence-corrected chi connectivity index (χ2v) is 7.35. The number of nitrogens with zero attached hydrogens (tertiary/aromatic N) is 6. The van der Waals surface area contributed by atoms with Gasteiger partial charge in [-0.3, -0.25) is 4.79 Å². The van der Waals surface area contributed by atoms with Crippen LogP contribution in [0.2, 0.25) is 0 Å². The highest BCUT2D eigenvalue weighted by Gasteiger charge is 2.34. The summed E-state index contributed by atoms with van der Waals surface area (Å²) in [6.45, 7) is 3.06. The maximum Gasteiger partial charge on any atom is 0.225 e. The fraction of sp³-hybridized carbons (Fsp3) is 0.333.